The summed E-state index contributed by atoms with van der Waals surface area (Å²) >= 11 is 0. The van der Waals surface area contributed by atoms with Gasteiger partial charge in [0.05, 0.1) is 0 Å². The molecule has 3 rings (SSSR count). The monoisotopic (exact) mass is 337 g/mol. The van der Waals surface area contributed by atoms with Crippen LogP contribution in [0.3, 0.4) is 0 Å². The molecule has 2 aliphatic heterocycles. The Labute approximate surface area is 152 Å². The van der Waals surface area contributed by atoms with Crippen LogP contribution in [-0.4, -0.2) is 36.0 Å². The standard InChI is InChI=1S/C22H31N3/c1-19-7-8-20(2)25(17-19)18-21-9-11-22(12-10-21)23-13-6-16-24-14-4-3-5-15-24/h7-12,17,23H,2-6,13-16,18H2,1H3. The number of piperidine rings is 1. The van der Waals surface area contributed by atoms with Gasteiger partial charge in [-0.1, -0.05) is 31.2 Å². The van der Waals surface area contributed by atoms with Gasteiger partial charge in [0, 0.05) is 30.7 Å². The summed E-state index contributed by atoms with van der Waals surface area (Å²) in [5, 5.41) is 3.55. The SMILES string of the molecule is C=C1C=CC(C)=CN1Cc1ccc(NCCCN2CCCCC2)cc1. The fourth-order valence-corrected chi connectivity index (χ4v) is 3.49. The van der Waals surface area contributed by atoms with E-state index in [4.69, 9.17) is 0 Å². The van der Waals surface area contributed by atoms with E-state index in [2.05, 4.69) is 71.2 Å². The van der Waals surface area contributed by atoms with Crippen molar-refractivity contribution in [2.24, 2.45) is 0 Å². The van der Waals surface area contributed by atoms with Crippen LogP contribution in [0.2, 0.25) is 0 Å². The molecule has 1 aromatic rings. The Bertz CT molecular complexity index is 621. The summed E-state index contributed by atoms with van der Waals surface area (Å²) in [6.07, 6.45) is 11.7. The molecule has 134 valence electrons. The Kier molecular flexibility index (Phi) is 6.35. The zero-order valence-corrected chi connectivity index (χ0v) is 15.5. The van der Waals surface area contributed by atoms with Crippen LogP contribution in [0.4, 0.5) is 5.69 Å². The summed E-state index contributed by atoms with van der Waals surface area (Å²) in [5.41, 5.74) is 4.83. The van der Waals surface area contributed by atoms with Gasteiger partial charge in [0.2, 0.25) is 0 Å². The minimum absolute atomic E-state index is 0.871. The largest absolute Gasteiger partial charge is 0.385 e. The number of allylic oxidation sites excluding steroid dienone is 3. The average molecular weight is 338 g/mol. The third kappa shape index (κ3) is 5.50. The van der Waals surface area contributed by atoms with Gasteiger partial charge in [-0.25, -0.2) is 0 Å². The Balaban J connectivity index is 1.41. The minimum Gasteiger partial charge on any atom is -0.385 e. The summed E-state index contributed by atoms with van der Waals surface area (Å²) in [4.78, 5) is 4.81. The lowest BCUT2D eigenvalue weighted by molar-refractivity contribution is 0.228. The number of hydrogen-bond acceptors (Lipinski definition) is 3. The summed E-state index contributed by atoms with van der Waals surface area (Å²) < 4.78 is 0. The number of hydrogen-bond donors (Lipinski definition) is 1. The second-order valence-electron chi connectivity index (χ2n) is 7.21. The van der Waals surface area contributed by atoms with Gasteiger partial charge in [-0.3, -0.25) is 0 Å². The van der Waals surface area contributed by atoms with Gasteiger partial charge in [-0.05, 0) is 75.2 Å². The lowest BCUT2D eigenvalue weighted by atomic mass is 10.1. The molecule has 0 radical (unpaired) electrons. The molecule has 0 unspecified atom stereocenters. The van der Waals surface area contributed by atoms with Crippen molar-refractivity contribution in [2.45, 2.75) is 39.2 Å². The molecule has 0 saturated carbocycles. The molecule has 2 aliphatic rings. The van der Waals surface area contributed by atoms with Crippen molar-refractivity contribution in [2.75, 3.05) is 31.5 Å². The zero-order valence-electron chi connectivity index (χ0n) is 15.5. The molecular weight excluding hydrogens is 306 g/mol. The molecule has 0 bridgehead atoms. The summed E-state index contributed by atoms with van der Waals surface area (Å²) in [5.74, 6) is 0. The van der Waals surface area contributed by atoms with Gasteiger partial charge in [-0.15, -0.1) is 0 Å². The predicted molar refractivity (Wildman–Crippen MR) is 107 cm³/mol. The number of nitrogens with one attached hydrogen (secondary N) is 1. The lowest BCUT2D eigenvalue weighted by Crippen LogP contribution is -2.31. The highest BCUT2D eigenvalue weighted by Crippen LogP contribution is 2.19. The van der Waals surface area contributed by atoms with E-state index >= 15 is 0 Å². The van der Waals surface area contributed by atoms with Gasteiger partial charge in [0.25, 0.3) is 0 Å². The third-order valence-electron chi connectivity index (χ3n) is 5.00. The summed E-state index contributed by atoms with van der Waals surface area (Å²) in [6, 6.07) is 8.80. The normalized spacial score (nSPS) is 18.4. The Hall–Kier alpha value is -2.00. The average Bonchev–Trinajstić information content (AvgIpc) is 2.64. The second kappa shape index (κ2) is 8.91. The number of rotatable bonds is 7. The van der Waals surface area contributed by atoms with Crippen LogP contribution in [0.25, 0.3) is 0 Å². The van der Waals surface area contributed by atoms with Crippen LogP contribution in [-0.2, 0) is 6.54 Å². The molecule has 1 N–H and O–H groups in total. The van der Waals surface area contributed by atoms with Gasteiger partial charge in [0.15, 0.2) is 0 Å². The smallest absolute Gasteiger partial charge is 0.0475 e. The van der Waals surface area contributed by atoms with Gasteiger partial charge in [-0.2, -0.15) is 0 Å². The Morgan fingerprint density at radius 2 is 1.80 bits per heavy atom. The molecule has 1 aromatic carbocycles. The molecule has 0 aromatic heterocycles. The predicted octanol–water partition coefficient (Wildman–Crippen LogP) is 4.76. The molecule has 0 spiro atoms. The number of likely N-dealkylation sites (tertiary alicyclic amines) is 1. The van der Waals surface area contributed by atoms with E-state index in [0.29, 0.717) is 0 Å². The van der Waals surface area contributed by atoms with Crippen LogP contribution < -0.4 is 5.32 Å². The van der Waals surface area contributed by atoms with Crippen LogP contribution in [0.5, 0.6) is 0 Å². The van der Waals surface area contributed by atoms with Crippen molar-refractivity contribution in [3.05, 3.63) is 66.0 Å². The maximum absolute atomic E-state index is 4.11. The number of benzene rings is 1. The number of anilines is 1. The van der Waals surface area contributed by atoms with Crippen molar-refractivity contribution >= 4 is 5.69 Å². The fraction of sp³-hybridized carbons (Fsp3) is 0.455. The number of nitrogens with zero attached hydrogens (tertiary/aromatic N) is 2. The van der Waals surface area contributed by atoms with Crippen LogP contribution >= 0.6 is 0 Å². The molecule has 1 fully saturated rings. The Morgan fingerprint density at radius 3 is 2.56 bits per heavy atom. The van der Waals surface area contributed by atoms with E-state index < -0.39 is 0 Å². The Morgan fingerprint density at radius 1 is 1.04 bits per heavy atom. The minimum atomic E-state index is 0.871. The van der Waals surface area contributed by atoms with Crippen LogP contribution in [0.1, 0.15) is 38.2 Å². The van der Waals surface area contributed by atoms with Crippen molar-refractivity contribution in [3.63, 3.8) is 0 Å². The zero-order chi connectivity index (χ0) is 17.5. The van der Waals surface area contributed by atoms with E-state index in [0.717, 1.165) is 18.8 Å². The molecule has 2 heterocycles. The molecule has 3 nitrogen and oxygen atoms in total. The highest BCUT2D eigenvalue weighted by Gasteiger charge is 2.09. The first-order valence-corrected chi connectivity index (χ1v) is 9.58. The van der Waals surface area contributed by atoms with Crippen molar-refractivity contribution < 1.29 is 0 Å². The molecule has 0 amide bonds. The topological polar surface area (TPSA) is 18.5 Å². The van der Waals surface area contributed by atoms with Crippen molar-refractivity contribution in [3.8, 4) is 0 Å². The summed E-state index contributed by atoms with van der Waals surface area (Å²) in [7, 11) is 0. The van der Waals surface area contributed by atoms with Crippen LogP contribution in [0, 0.1) is 0 Å². The fourth-order valence-electron chi connectivity index (χ4n) is 3.49. The van der Waals surface area contributed by atoms with Gasteiger partial charge >= 0.3 is 0 Å². The maximum atomic E-state index is 4.11. The lowest BCUT2D eigenvalue weighted by Gasteiger charge is -2.26. The third-order valence-corrected chi connectivity index (χ3v) is 5.00. The molecule has 0 aliphatic carbocycles. The quantitative estimate of drug-likeness (QED) is 0.724. The first kappa shape index (κ1) is 17.8. The molecule has 3 heteroatoms. The molecule has 1 saturated heterocycles. The second-order valence-corrected chi connectivity index (χ2v) is 7.21. The highest BCUT2D eigenvalue weighted by molar-refractivity contribution is 5.44. The summed E-state index contributed by atoms with van der Waals surface area (Å²) in [6.45, 7) is 12.0. The molecular formula is C22H31N3. The molecule has 25 heavy (non-hydrogen) atoms. The van der Waals surface area contributed by atoms with E-state index in [-0.39, 0.29) is 0 Å². The maximum Gasteiger partial charge on any atom is 0.0475 e. The van der Waals surface area contributed by atoms with E-state index in [1.165, 1.54) is 62.1 Å². The van der Waals surface area contributed by atoms with Crippen LogP contribution in [0.15, 0.2) is 60.5 Å². The van der Waals surface area contributed by atoms with Crippen molar-refractivity contribution in [1.82, 2.24) is 9.80 Å². The van der Waals surface area contributed by atoms with Gasteiger partial charge < -0.3 is 15.1 Å². The van der Waals surface area contributed by atoms with Crippen molar-refractivity contribution in [1.29, 1.82) is 0 Å². The first-order valence-electron chi connectivity index (χ1n) is 9.58. The van der Waals surface area contributed by atoms with E-state index in [1.807, 2.05) is 0 Å². The molecule has 0 atom stereocenters. The highest BCUT2D eigenvalue weighted by atomic mass is 15.1. The first-order chi connectivity index (χ1) is 12.2. The van der Waals surface area contributed by atoms with E-state index in [9.17, 15) is 0 Å². The van der Waals surface area contributed by atoms with Gasteiger partial charge in [0.1, 0.15) is 0 Å². The van der Waals surface area contributed by atoms with E-state index in [1.54, 1.807) is 0 Å².